The van der Waals surface area contributed by atoms with Crippen LogP contribution in [0.5, 0.6) is 0 Å². The summed E-state index contributed by atoms with van der Waals surface area (Å²) in [6.07, 6.45) is 1.46. The Labute approximate surface area is 250 Å². The van der Waals surface area contributed by atoms with E-state index in [9.17, 15) is 32.8 Å². The van der Waals surface area contributed by atoms with E-state index in [4.69, 9.17) is 0 Å². The molecule has 0 aromatic heterocycles. The molecule has 0 radical (unpaired) electrons. The molecule has 0 aliphatic heterocycles. The van der Waals surface area contributed by atoms with Crippen LogP contribution in [0.25, 0.3) is 0 Å². The molecule has 0 aromatic carbocycles. The molecule has 0 heterocycles. The topological polar surface area (TPSA) is 87.0 Å². The van der Waals surface area contributed by atoms with E-state index in [0.717, 1.165) is 12.8 Å². The number of carbonyl (C=O) groups is 3. The van der Waals surface area contributed by atoms with Crippen molar-refractivity contribution in [2.24, 2.45) is 44.8 Å². The van der Waals surface area contributed by atoms with E-state index in [1.54, 1.807) is 6.92 Å². The molecule has 0 bridgehead atoms. The fraction of sp³-hybridized carbons (Fsp3) is 0.824. The van der Waals surface area contributed by atoms with Crippen LogP contribution in [0.4, 0.5) is 13.2 Å². The molecule has 0 spiro atoms. The van der Waals surface area contributed by atoms with Gasteiger partial charge in [-0.1, -0.05) is 68.4 Å². The lowest BCUT2D eigenvalue weighted by molar-refractivity contribution is -0.178. The van der Waals surface area contributed by atoms with E-state index in [0.29, 0.717) is 32.1 Å². The highest BCUT2D eigenvalue weighted by Crippen LogP contribution is 2.68. The molecule has 3 aliphatic carbocycles. The smallest absolute Gasteiger partial charge is 0.343 e. The normalized spacial score (nSPS) is 36.3. The number of nitriles is 1. The molecule has 0 aromatic rings. The maximum atomic E-state index is 13.5. The molecule has 8 heteroatoms. The monoisotopic (exact) mass is 592 g/mol. The lowest BCUT2D eigenvalue weighted by Gasteiger charge is -2.64. The van der Waals surface area contributed by atoms with Crippen LogP contribution in [0.2, 0.25) is 0 Å². The van der Waals surface area contributed by atoms with Gasteiger partial charge in [0.2, 0.25) is 0 Å². The zero-order valence-corrected chi connectivity index (χ0v) is 27.3. The third-order valence-corrected chi connectivity index (χ3v) is 12.4. The van der Waals surface area contributed by atoms with Crippen molar-refractivity contribution in [3.05, 3.63) is 11.6 Å². The summed E-state index contributed by atoms with van der Waals surface area (Å²) >= 11 is 0. The van der Waals surface area contributed by atoms with Gasteiger partial charge in [0, 0.05) is 17.4 Å². The molecular weight excluding hydrogens is 541 g/mol. The Morgan fingerprint density at radius 1 is 1.07 bits per heavy atom. The van der Waals surface area contributed by atoms with Gasteiger partial charge < -0.3 is 10.1 Å². The molecule has 6 atom stereocenters. The summed E-state index contributed by atoms with van der Waals surface area (Å²) in [4.78, 5) is 38.3. The summed E-state index contributed by atoms with van der Waals surface area (Å²) in [5, 5.41) is 12.4. The van der Waals surface area contributed by atoms with Crippen LogP contribution in [-0.4, -0.2) is 29.2 Å². The molecular formula is C34H51F3N2O3. The van der Waals surface area contributed by atoms with E-state index in [1.807, 2.05) is 26.8 Å². The second-order valence-corrected chi connectivity index (χ2v) is 16.3. The first-order valence-corrected chi connectivity index (χ1v) is 15.5. The van der Waals surface area contributed by atoms with E-state index in [-0.39, 0.29) is 46.7 Å². The van der Waals surface area contributed by atoms with Crippen molar-refractivity contribution in [3.63, 3.8) is 0 Å². The number of fused-ring (bicyclic) bond motifs is 1. The predicted molar refractivity (Wildman–Crippen MR) is 157 cm³/mol. The average Bonchev–Trinajstić information content (AvgIpc) is 2.83. The number of carbonyl (C=O) groups excluding carboxylic acids is 3. The summed E-state index contributed by atoms with van der Waals surface area (Å²) < 4.78 is 40.5. The second kappa shape index (κ2) is 10.8. The highest BCUT2D eigenvalue weighted by molar-refractivity contribution is 6.04. The van der Waals surface area contributed by atoms with Gasteiger partial charge in [-0.25, -0.2) is 0 Å². The standard InChI is InChI=1S/C34H51F3N2O3/c1-21-18-28(3,4)13-15-33(21,39-27(42)34(35,36)37)16-14-29(5,6)32(10)12-11-24-30(7,8)26(41)23(20-38)19-31(24,9)25(32)17-22(2)40/h19,21,24-25H,11-18H2,1-10H3,(H,39,42)/t21?,24-,25+,31-,32+,33-/m0/s1. The second-order valence-electron chi connectivity index (χ2n) is 16.3. The first-order chi connectivity index (χ1) is 18.9. The summed E-state index contributed by atoms with van der Waals surface area (Å²) in [6.45, 7) is 20.1. The van der Waals surface area contributed by atoms with Gasteiger partial charge in [-0.3, -0.25) is 9.59 Å². The fourth-order valence-corrected chi connectivity index (χ4v) is 9.38. The first kappa shape index (κ1) is 34.3. The summed E-state index contributed by atoms with van der Waals surface area (Å²) in [6, 6.07) is 2.12. The van der Waals surface area contributed by atoms with Crippen LogP contribution in [-0.2, 0) is 14.4 Å². The Hall–Kier alpha value is -2.17. The Morgan fingerprint density at radius 3 is 2.17 bits per heavy atom. The van der Waals surface area contributed by atoms with Crippen molar-refractivity contribution < 1.29 is 27.6 Å². The number of allylic oxidation sites excluding steroid dienone is 2. The van der Waals surface area contributed by atoms with E-state index in [2.05, 4.69) is 52.9 Å². The number of nitrogens with zero attached hydrogens (tertiary/aromatic N) is 1. The predicted octanol–water partition coefficient (Wildman–Crippen LogP) is 8.13. The quantitative estimate of drug-likeness (QED) is 0.323. The SMILES string of the molecule is CC(=O)C[C@@H]1[C@@]2(C)C=C(C#N)C(=O)C(C)(C)[C@@H]2CC[C@@]1(C)C(C)(C)CC[C@@]1(NC(=O)C(F)(F)F)CCC(C)(C)CC1C. The van der Waals surface area contributed by atoms with Gasteiger partial charge in [0.15, 0.2) is 5.78 Å². The van der Waals surface area contributed by atoms with Crippen molar-refractivity contribution in [3.8, 4) is 6.07 Å². The summed E-state index contributed by atoms with van der Waals surface area (Å²) in [5.74, 6) is -2.40. The number of hydrogen-bond donors (Lipinski definition) is 1. The molecule has 2 fully saturated rings. The molecule has 2 saturated carbocycles. The number of nitrogens with one attached hydrogen (secondary N) is 1. The fourth-order valence-electron chi connectivity index (χ4n) is 9.38. The van der Waals surface area contributed by atoms with Crippen LogP contribution in [0.3, 0.4) is 0 Å². The van der Waals surface area contributed by atoms with Crippen LogP contribution in [0.1, 0.15) is 121 Å². The van der Waals surface area contributed by atoms with Gasteiger partial charge >= 0.3 is 12.1 Å². The zero-order chi connectivity index (χ0) is 32.3. The maximum Gasteiger partial charge on any atom is 0.471 e. The molecule has 236 valence electrons. The Kier molecular flexibility index (Phi) is 8.80. The molecule has 1 N–H and O–H groups in total. The molecule has 42 heavy (non-hydrogen) atoms. The molecule has 3 rings (SSSR count). The average molecular weight is 593 g/mol. The number of alkyl halides is 3. The van der Waals surface area contributed by atoms with Gasteiger partial charge in [-0.2, -0.15) is 18.4 Å². The van der Waals surface area contributed by atoms with Crippen molar-refractivity contribution in [2.45, 2.75) is 132 Å². The molecule has 3 aliphatic rings. The number of ketones is 2. The van der Waals surface area contributed by atoms with Crippen LogP contribution in [0, 0.1) is 56.2 Å². The summed E-state index contributed by atoms with van der Waals surface area (Å²) in [5.41, 5.74) is -3.08. The minimum Gasteiger partial charge on any atom is -0.343 e. The van der Waals surface area contributed by atoms with Gasteiger partial charge in [-0.15, -0.1) is 0 Å². The molecule has 0 saturated heterocycles. The molecule has 1 unspecified atom stereocenters. The number of rotatable bonds is 7. The van der Waals surface area contributed by atoms with E-state index in [1.165, 1.54) is 0 Å². The lowest BCUT2D eigenvalue weighted by Crippen LogP contribution is -2.61. The van der Waals surface area contributed by atoms with Crippen molar-refractivity contribution in [1.29, 1.82) is 5.26 Å². The highest BCUT2D eigenvalue weighted by atomic mass is 19.4. The highest BCUT2D eigenvalue weighted by Gasteiger charge is 2.63. The minimum atomic E-state index is -4.96. The minimum absolute atomic E-state index is 0.0249. The van der Waals surface area contributed by atoms with Crippen LogP contribution in [0.15, 0.2) is 11.6 Å². The number of hydrogen-bond acceptors (Lipinski definition) is 4. The maximum absolute atomic E-state index is 13.5. The van der Waals surface area contributed by atoms with Gasteiger partial charge in [0.1, 0.15) is 11.9 Å². The number of amides is 1. The molecule has 5 nitrogen and oxygen atoms in total. The number of halogens is 3. The van der Waals surface area contributed by atoms with Gasteiger partial charge in [0.25, 0.3) is 0 Å². The van der Waals surface area contributed by atoms with E-state index >= 15 is 0 Å². The van der Waals surface area contributed by atoms with Crippen molar-refractivity contribution in [2.75, 3.05) is 0 Å². The summed E-state index contributed by atoms with van der Waals surface area (Å²) in [7, 11) is 0. The zero-order valence-electron chi connectivity index (χ0n) is 27.3. The van der Waals surface area contributed by atoms with Crippen molar-refractivity contribution >= 4 is 17.5 Å². The van der Waals surface area contributed by atoms with Crippen molar-refractivity contribution in [1.82, 2.24) is 5.32 Å². The third-order valence-electron chi connectivity index (χ3n) is 12.4. The number of Topliss-reactive ketones (excluding diaryl/α,β-unsaturated/α-hetero) is 2. The van der Waals surface area contributed by atoms with Crippen LogP contribution < -0.4 is 5.32 Å². The van der Waals surface area contributed by atoms with E-state index < -0.39 is 39.3 Å². The Balaban J connectivity index is 2.05. The largest absolute Gasteiger partial charge is 0.471 e. The Morgan fingerprint density at radius 2 is 1.67 bits per heavy atom. The first-order valence-electron chi connectivity index (χ1n) is 15.5. The third kappa shape index (κ3) is 5.83. The molecule has 1 amide bonds. The Bertz CT molecular complexity index is 1190. The lowest BCUT2D eigenvalue weighted by atomic mass is 9.39. The van der Waals surface area contributed by atoms with Gasteiger partial charge in [-0.05, 0) is 91.3 Å². The van der Waals surface area contributed by atoms with Crippen LogP contribution >= 0.6 is 0 Å². The van der Waals surface area contributed by atoms with Gasteiger partial charge in [0.05, 0.1) is 5.57 Å².